The molecule has 4 nitrogen and oxygen atoms in total. The summed E-state index contributed by atoms with van der Waals surface area (Å²) in [4.78, 5) is 0. The first kappa shape index (κ1) is 12.6. The zero-order chi connectivity index (χ0) is 13.3. The zero-order valence-corrected chi connectivity index (χ0v) is 11.6. The number of ether oxygens (including phenoxy) is 3. The Morgan fingerprint density at radius 3 is 2.79 bits per heavy atom. The highest BCUT2D eigenvalue weighted by molar-refractivity contribution is 5.55. The van der Waals surface area contributed by atoms with Crippen LogP contribution >= 0.6 is 0 Å². The molecule has 1 aromatic rings. The average molecular weight is 263 g/mol. The van der Waals surface area contributed by atoms with E-state index in [0.29, 0.717) is 0 Å². The molecule has 19 heavy (non-hydrogen) atoms. The summed E-state index contributed by atoms with van der Waals surface area (Å²) in [5.41, 5.74) is 1.46. The Bertz CT molecular complexity index is 467. The lowest BCUT2D eigenvalue weighted by Crippen LogP contribution is -2.38. The van der Waals surface area contributed by atoms with Crippen LogP contribution in [0.25, 0.3) is 0 Å². The van der Waals surface area contributed by atoms with E-state index in [1.165, 1.54) is 31.2 Å². The maximum absolute atomic E-state index is 5.45. The van der Waals surface area contributed by atoms with Gasteiger partial charge in [-0.25, -0.2) is 0 Å². The fourth-order valence-electron chi connectivity index (χ4n) is 2.93. The summed E-state index contributed by atoms with van der Waals surface area (Å²) in [7, 11) is 1.66. The smallest absolute Gasteiger partial charge is 0.231 e. The minimum Gasteiger partial charge on any atom is -0.493 e. The number of nitrogens with one attached hydrogen (secondary N) is 1. The zero-order valence-electron chi connectivity index (χ0n) is 11.6. The monoisotopic (exact) mass is 263 g/mol. The Hall–Kier alpha value is -1.42. The molecule has 0 radical (unpaired) electrons. The van der Waals surface area contributed by atoms with E-state index < -0.39 is 0 Å². The van der Waals surface area contributed by atoms with Gasteiger partial charge in [-0.15, -0.1) is 0 Å². The Kier molecular flexibility index (Phi) is 3.27. The van der Waals surface area contributed by atoms with Gasteiger partial charge in [0.1, 0.15) is 0 Å². The molecule has 1 fully saturated rings. The second kappa shape index (κ2) is 4.93. The van der Waals surface area contributed by atoms with Crippen LogP contribution in [0.15, 0.2) is 12.1 Å². The van der Waals surface area contributed by atoms with Crippen LogP contribution in [0.5, 0.6) is 17.2 Å². The van der Waals surface area contributed by atoms with Crippen molar-refractivity contribution in [2.45, 2.75) is 44.7 Å². The topological polar surface area (TPSA) is 39.7 Å². The molecule has 0 atom stereocenters. The Balaban J connectivity index is 1.74. The molecule has 0 saturated heterocycles. The third-order valence-electron chi connectivity index (χ3n) is 4.14. The number of fused-ring (bicyclic) bond motifs is 1. The van der Waals surface area contributed by atoms with Gasteiger partial charge in [0.2, 0.25) is 12.5 Å². The van der Waals surface area contributed by atoms with E-state index in [2.05, 4.69) is 12.2 Å². The molecule has 0 amide bonds. The summed E-state index contributed by atoms with van der Waals surface area (Å²) < 4.78 is 16.2. The Morgan fingerprint density at radius 2 is 2.05 bits per heavy atom. The van der Waals surface area contributed by atoms with Gasteiger partial charge >= 0.3 is 0 Å². The third-order valence-corrected chi connectivity index (χ3v) is 4.14. The summed E-state index contributed by atoms with van der Waals surface area (Å²) in [6, 6.07) is 4.06. The van der Waals surface area contributed by atoms with Crippen molar-refractivity contribution in [1.82, 2.24) is 5.32 Å². The van der Waals surface area contributed by atoms with Crippen molar-refractivity contribution in [2.24, 2.45) is 0 Å². The maximum atomic E-state index is 5.45. The van der Waals surface area contributed by atoms with Gasteiger partial charge < -0.3 is 19.5 Å². The average Bonchev–Trinajstić information content (AvgIpc) is 3.04. The molecule has 0 bridgehead atoms. The molecule has 0 spiro atoms. The van der Waals surface area contributed by atoms with E-state index in [1.807, 2.05) is 12.1 Å². The van der Waals surface area contributed by atoms with Crippen LogP contribution in [-0.2, 0) is 6.54 Å². The Labute approximate surface area is 114 Å². The van der Waals surface area contributed by atoms with Gasteiger partial charge in [-0.05, 0) is 37.5 Å². The molecular formula is C15H21NO3. The number of hydrogen-bond acceptors (Lipinski definition) is 4. The Morgan fingerprint density at radius 1 is 1.26 bits per heavy atom. The fraction of sp³-hybridized carbons (Fsp3) is 0.600. The van der Waals surface area contributed by atoms with Crippen LogP contribution in [0.4, 0.5) is 0 Å². The molecule has 2 aliphatic rings. The largest absolute Gasteiger partial charge is 0.493 e. The lowest BCUT2D eigenvalue weighted by Gasteiger charge is -2.25. The highest BCUT2D eigenvalue weighted by atomic mass is 16.7. The number of rotatable bonds is 4. The van der Waals surface area contributed by atoms with Crippen LogP contribution in [0.2, 0.25) is 0 Å². The van der Waals surface area contributed by atoms with Crippen LogP contribution in [0, 0.1) is 0 Å². The SMILES string of the molecule is COc1cc(CNC2(C)CCCC2)cc2c1OCO2. The molecule has 3 rings (SSSR count). The van der Waals surface area contributed by atoms with E-state index in [0.717, 1.165) is 23.8 Å². The number of benzene rings is 1. The van der Waals surface area contributed by atoms with E-state index in [4.69, 9.17) is 14.2 Å². The van der Waals surface area contributed by atoms with Crippen LogP contribution in [0.3, 0.4) is 0 Å². The van der Waals surface area contributed by atoms with Gasteiger partial charge in [0.15, 0.2) is 11.5 Å². The fourth-order valence-corrected chi connectivity index (χ4v) is 2.93. The van der Waals surface area contributed by atoms with E-state index >= 15 is 0 Å². The van der Waals surface area contributed by atoms with Gasteiger partial charge in [0.05, 0.1) is 7.11 Å². The summed E-state index contributed by atoms with van der Waals surface area (Å²) in [5.74, 6) is 2.26. The predicted octanol–water partition coefficient (Wildman–Crippen LogP) is 2.85. The van der Waals surface area contributed by atoms with E-state index in [-0.39, 0.29) is 12.3 Å². The molecule has 1 N–H and O–H groups in total. The van der Waals surface area contributed by atoms with Gasteiger partial charge in [-0.1, -0.05) is 12.8 Å². The summed E-state index contributed by atoms with van der Waals surface area (Å²) in [6.45, 7) is 3.42. The quantitative estimate of drug-likeness (QED) is 0.906. The minimum atomic E-state index is 0.278. The van der Waals surface area contributed by atoms with Crippen molar-refractivity contribution in [3.63, 3.8) is 0 Å². The number of methoxy groups -OCH3 is 1. The van der Waals surface area contributed by atoms with Crippen LogP contribution in [0.1, 0.15) is 38.2 Å². The standard InChI is InChI=1S/C15H21NO3/c1-15(5-3-4-6-15)16-9-11-7-12(17-2)14-13(8-11)18-10-19-14/h7-8,16H,3-6,9-10H2,1-2H3. The third kappa shape index (κ3) is 2.50. The molecule has 0 unspecified atom stereocenters. The van der Waals surface area contributed by atoms with Crippen molar-refractivity contribution < 1.29 is 14.2 Å². The van der Waals surface area contributed by atoms with Gasteiger partial charge in [-0.3, -0.25) is 0 Å². The number of hydrogen-bond donors (Lipinski definition) is 1. The summed E-state index contributed by atoms with van der Waals surface area (Å²) in [5, 5.41) is 3.66. The second-order valence-electron chi connectivity index (χ2n) is 5.65. The molecule has 1 saturated carbocycles. The predicted molar refractivity (Wildman–Crippen MR) is 72.8 cm³/mol. The maximum Gasteiger partial charge on any atom is 0.231 e. The minimum absolute atomic E-state index is 0.278. The molecular weight excluding hydrogens is 242 g/mol. The molecule has 4 heteroatoms. The van der Waals surface area contributed by atoms with Gasteiger partial charge in [0, 0.05) is 12.1 Å². The normalized spacial score (nSPS) is 19.7. The molecule has 1 aliphatic heterocycles. The van der Waals surface area contributed by atoms with Crippen molar-refractivity contribution in [1.29, 1.82) is 0 Å². The van der Waals surface area contributed by atoms with Crippen molar-refractivity contribution in [2.75, 3.05) is 13.9 Å². The first-order valence-electron chi connectivity index (χ1n) is 6.92. The summed E-state index contributed by atoms with van der Waals surface area (Å²) in [6.07, 6.45) is 5.17. The van der Waals surface area contributed by atoms with Gasteiger partial charge in [0.25, 0.3) is 0 Å². The lowest BCUT2D eigenvalue weighted by atomic mass is 10.0. The van der Waals surface area contributed by atoms with Crippen LogP contribution in [-0.4, -0.2) is 19.4 Å². The molecule has 1 heterocycles. The first-order valence-corrected chi connectivity index (χ1v) is 6.92. The van der Waals surface area contributed by atoms with E-state index in [1.54, 1.807) is 7.11 Å². The van der Waals surface area contributed by atoms with Gasteiger partial charge in [-0.2, -0.15) is 0 Å². The molecule has 0 aromatic heterocycles. The molecule has 1 aliphatic carbocycles. The highest BCUT2D eigenvalue weighted by Crippen LogP contribution is 2.42. The molecule has 104 valence electrons. The van der Waals surface area contributed by atoms with Crippen LogP contribution < -0.4 is 19.5 Å². The molecule has 1 aromatic carbocycles. The van der Waals surface area contributed by atoms with E-state index in [9.17, 15) is 0 Å². The van der Waals surface area contributed by atoms with Crippen molar-refractivity contribution >= 4 is 0 Å². The highest BCUT2D eigenvalue weighted by Gasteiger charge is 2.28. The lowest BCUT2D eigenvalue weighted by molar-refractivity contribution is 0.171. The first-order chi connectivity index (χ1) is 9.20. The van der Waals surface area contributed by atoms with Crippen molar-refractivity contribution in [3.8, 4) is 17.2 Å². The second-order valence-corrected chi connectivity index (χ2v) is 5.65. The van der Waals surface area contributed by atoms with Crippen molar-refractivity contribution in [3.05, 3.63) is 17.7 Å². The summed E-state index contributed by atoms with van der Waals surface area (Å²) >= 11 is 0.